The minimum absolute atomic E-state index is 0.0274. The number of benzene rings is 2. The number of nitrogens with two attached hydrogens (primary N) is 1. The molecule has 3 N–H and O–H groups in total. The van der Waals surface area contributed by atoms with E-state index in [0.717, 1.165) is 48.1 Å². The van der Waals surface area contributed by atoms with E-state index in [1.165, 1.54) is 17.7 Å². The Bertz CT molecular complexity index is 1250. The highest BCUT2D eigenvalue weighted by molar-refractivity contribution is 7.89. The van der Waals surface area contributed by atoms with E-state index >= 15 is 0 Å². The van der Waals surface area contributed by atoms with E-state index < -0.39 is 28.5 Å². The Morgan fingerprint density at radius 3 is 2.39 bits per heavy atom. The lowest BCUT2D eigenvalue weighted by atomic mass is 9.90. The van der Waals surface area contributed by atoms with Gasteiger partial charge < -0.3 is 5.11 Å². The van der Waals surface area contributed by atoms with Crippen molar-refractivity contribution in [2.45, 2.75) is 43.4 Å². The molecular formula is C21H20F3N3O3S. The van der Waals surface area contributed by atoms with Gasteiger partial charge in [-0.15, -0.1) is 0 Å². The van der Waals surface area contributed by atoms with Gasteiger partial charge >= 0.3 is 6.18 Å². The predicted molar refractivity (Wildman–Crippen MR) is 108 cm³/mol. The molecule has 0 amide bonds. The molecule has 3 aromatic rings. The molecule has 1 aliphatic rings. The van der Waals surface area contributed by atoms with E-state index in [1.54, 1.807) is 6.07 Å². The number of aryl methyl sites for hydroxylation is 2. The fourth-order valence-electron chi connectivity index (χ4n) is 3.91. The van der Waals surface area contributed by atoms with Crippen LogP contribution >= 0.6 is 0 Å². The summed E-state index contributed by atoms with van der Waals surface area (Å²) in [6, 6.07) is 10.3. The van der Waals surface area contributed by atoms with Crippen molar-refractivity contribution in [1.29, 1.82) is 0 Å². The molecule has 0 radical (unpaired) electrons. The van der Waals surface area contributed by atoms with Crippen LogP contribution in [0.25, 0.3) is 16.9 Å². The van der Waals surface area contributed by atoms with Gasteiger partial charge in [-0.2, -0.15) is 18.3 Å². The molecule has 0 aliphatic heterocycles. The Morgan fingerprint density at radius 1 is 1.03 bits per heavy atom. The lowest BCUT2D eigenvalue weighted by Gasteiger charge is -2.17. The first-order valence-electron chi connectivity index (χ1n) is 9.64. The van der Waals surface area contributed by atoms with Crippen LogP contribution in [0, 0.1) is 0 Å². The van der Waals surface area contributed by atoms with Crippen LogP contribution in [0.4, 0.5) is 13.2 Å². The maximum Gasteiger partial charge on any atom is 0.435 e. The Morgan fingerprint density at radius 2 is 1.74 bits per heavy atom. The summed E-state index contributed by atoms with van der Waals surface area (Å²) >= 11 is 0. The second kappa shape index (κ2) is 7.77. The first kappa shape index (κ1) is 21.5. The average Bonchev–Trinajstić information content (AvgIpc) is 3.18. The number of aliphatic hydroxyl groups excluding tert-OH is 1. The average molecular weight is 451 g/mol. The smallest absolute Gasteiger partial charge is 0.392 e. The fraction of sp³-hybridized carbons (Fsp3) is 0.286. The first-order valence-corrected chi connectivity index (χ1v) is 11.2. The van der Waals surface area contributed by atoms with Crippen molar-refractivity contribution in [3.05, 3.63) is 64.8 Å². The van der Waals surface area contributed by atoms with E-state index in [2.05, 4.69) is 5.10 Å². The summed E-state index contributed by atoms with van der Waals surface area (Å²) in [5, 5.41) is 18.5. The van der Waals surface area contributed by atoms with E-state index in [0.29, 0.717) is 5.56 Å². The third kappa shape index (κ3) is 4.23. The summed E-state index contributed by atoms with van der Waals surface area (Å²) in [6.07, 6.45) is -0.742. The second-order valence-corrected chi connectivity index (χ2v) is 9.04. The molecule has 10 heteroatoms. The van der Waals surface area contributed by atoms with E-state index in [-0.39, 0.29) is 21.8 Å². The number of aromatic nitrogens is 2. The van der Waals surface area contributed by atoms with E-state index in [9.17, 15) is 26.7 Å². The number of fused-ring (bicyclic) bond motifs is 1. The molecule has 1 aromatic heterocycles. The SMILES string of the molecule is NS(=O)(=O)c1ccc(-n2nc(C(F)(F)F)cc2-c2ccc3c(c2)CCCC3)cc1CO. The largest absolute Gasteiger partial charge is 0.435 e. The van der Waals surface area contributed by atoms with E-state index in [1.807, 2.05) is 12.1 Å². The molecule has 0 bridgehead atoms. The summed E-state index contributed by atoms with van der Waals surface area (Å²) in [5.74, 6) is 0. The van der Waals surface area contributed by atoms with Crippen LogP contribution in [-0.2, 0) is 35.6 Å². The number of sulfonamides is 1. The van der Waals surface area contributed by atoms with Gasteiger partial charge in [-0.25, -0.2) is 18.2 Å². The Balaban J connectivity index is 1.90. The third-order valence-corrected chi connectivity index (χ3v) is 6.42. The van der Waals surface area contributed by atoms with Crippen LogP contribution in [0.15, 0.2) is 47.4 Å². The van der Waals surface area contributed by atoms with Gasteiger partial charge in [-0.05, 0) is 72.7 Å². The summed E-state index contributed by atoms with van der Waals surface area (Å²) in [7, 11) is -4.10. The molecular weight excluding hydrogens is 431 g/mol. The van der Waals surface area contributed by atoms with Crippen molar-refractivity contribution in [3.8, 4) is 16.9 Å². The first-order chi connectivity index (χ1) is 14.6. The number of nitrogens with zero attached hydrogens (tertiary/aromatic N) is 2. The topological polar surface area (TPSA) is 98.2 Å². The van der Waals surface area contributed by atoms with Crippen LogP contribution < -0.4 is 5.14 Å². The number of alkyl halides is 3. The van der Waals surface area contributed by atoms with Crippen LogP contribution in [0.5, 0.6) is 0 Å². The molecule has 6 nitrogen and oxygen atoms in total. The monoisotopic (exact) mass is 451 g/mol. The fourth-order valence-corrected chi connectivity index (χ4v) is 4.66. The number of aliphatic hydroxyl groups is 1. The van der Waals surface area contributed by atoms with Crippen molar-refractivity contribution < 1.29 is 26.7 Å². The van der Waals surface area contributed by atoms with Crippen molar-refractivity contribution >= 4 is 10.0 Å². The molecule has 164 valence electrons. The van der Waals surface area contributed by atoms with Gasteiger partial charge in [0, 0.05) is 5.56 Å². The third-order valence-electron chi connectivity index (χ3n) is 5.41. The quantitative estimate of drug-likeness (QED) is 0.634. The number of hydrogen-bond donors (Lipinski definition) is 2. The van der Waals surface area contributed by atoms with Gasteiger partial charge in [-0.3, -0.25) is 0 Å². The standard InChI is InChI=1S/C21H20F3N3O3S/c22-21(23,24)20-11-18(15-6-5-13-3-1-2-4-14(13)9-15)27(26-20)17-7-8-19(31(25,29)30)16(10-17)12-28/h5-11,28H,1-4,12H2,(H2,25,29,30). The molecule has 1 aliphatic carbocycles. The lowest BCUT2D eigenvalue weighted by molar-refractivity contribution is -0.141. The molecule has 2 aromatic carbocycles. The van der Waals surface area contributed by atoms with Gasteiger partial charge in [0.1, 0.15) is 0 Å². The zero-order chi connectivity index (χ0) is 22.4. The Labute approximate surface area is 177 Å². The Kier molecular flexibility index (Phi) is 5.40. The van der Waals surface area contributed by atoms with Crippen molar-refractivity contribution in [2.24, 2.45) is 5.14 Å². The molecule has 0 saturated heterocycles. The van der Waals surface area contributed by atoms with Gasteiger partial charge in [-0.1, -0.05) is 12.1 Å². The molecule has 0 unspecified atom stereocenters. The highest BCUT2D eigenvalue weighted by atomic mass is 32.2. The van der Waals surface area contributed by atoms with Crippen molar-refractivity contribution in [3.63, 3.8) is 0 Å². The van der Waals surface area contributed by atoms with Gasteiger partial charge in [0.15, 0.2) is 5.69 Å². The van der Waals surface area contributed by atoms with Gasteiger partial charge in [0.05, 0.1) is 22.9 Å². The molecule has 0 atom stereocenters. The minimum atomic E-state index is -4.66. The Hall–Kier alpha value is -2.69. The maximum absolute atomic E-state index is 13.4. The predicted octanol–water partition coefficient (Wildman–Crippen LogP) is 3.58. The molecule has 0 saturated carbocycles. The summed E-state index contributed by atoms with van der Waals surface area (Å²) in [6.45, 7) is -0.652. The molecule has 0 spiro atoms. The summed E-state index contributed by atoms with van der Waals surface area (Å²) in [5.41, 5.74) is 2.17. The van der Waals surface area contributed by atoms with Crippen LogP contribution in [-0.4, -0.2) is 23.3 Å². The normalized spacial score (nSPS) is 14.5. The highest BCUT2D eigenvalue weighted by Crippen LogP contribution is 2.35. The minimum Gasteiger partial charge on any atom is -0.392 e. The molecule has 31 heavy (non-hydrogen) atoms. The van der Waals surface area contributed by atoms with Crippen molar-refractivity contribution in [2.75, 3.05) is 0 Å². The number of rotatable bonds is 4. The van der Waals surface area contributed by atoms with Gasteiger partial charge in [0.25, 0.3) is 0 Å². The van der Waals surface area contributed by atoms with Gasteiger partial charge in [0.2, 0.25) is 10.0 Å². The van der Waals surface area contributed by atoms with Crippen LogP contribution in [0.1, 0.15) is 35.2 Å². The highest BCUT2D eigenvalue weighted by Gasteiger charge is 2.35. The zero-order valence-corrected chi connectivity index (χ0v) is 17.2. The number of primary sulfonamides is 1. The summed E-state index contributed by atoms with van der Waals surface area (Å²) in [4.78, 5) is -0.294. The lowest BCUT2D eigenvalue weighted by Crippen LogP contribution is -2.15. The molecule has 4 rings (SSSR count). The van der Waals surface area contributed by atoms with Crippen LogP contribution in [0.3, 0.4) is 0 Å². The zero-order valence-electron chi connectivity index (χ0n) is 16.4. The second-order valence-electron chi connectivity index (χ2n) is 7.51. The number of hydrogen-bond acceptors (Lipinski definition) is 4. The van der Waals surface area contributed by atoms with Crippen molar-refractivity contribution in [1.82, 2.24) is 9.78 Å². The maximum atomic E-state index is 13.4. The number of halogens is 3. The van der Waals surface area contributed by atoms with E-state index in [4.69, 9.17) is 5.14 Å². The molecule has 0 fully saturated rings. The van der Waals surface area contributed by atoms with Crippen LogP contribution in [0.2, 0.25) is 0 Å². The molecule has 1 heterocycles. The summed E-state index contributed by atoms with van der Waals surface area (Å²) < 4.78 is 64.9.